The second kappa shape index (κ2) is 6.88. The van der Waals surface area contributed by atoms with Gasteiger partial charge in [-0.05, 0) is 31.9 Å². The van der Waals surface area contributed by atoms with E-state index in [2.05, 4.69) is 15.6 Å². The van der Waals surface area contributed by atoms with E-state index in [1.165, 1.54) is 6.20 Å². The molecular formula is C14H22N4O2. The van der Waals surface area contributed by atoms with Crippen molar-refractivity contribution >= 4 is 17.5 Å². The summed E-state index contributed by atoms with van der Waals surface area (Å²) in [6.07, 6.45) is 1.52. The molecule has 1 aromatic rings. The summed E-state index contributed by atoms with van der Waals surface area (Å²) in [5, 5.41) is 5.80. The van der Waals surface area contributed by atoms with Gasteiger partial charge in [0.05, 0.1) is 0 Å². The van der Waals surface area contributed by atoms with Crippen molar-refractivity contribution in [3.8, 4) is 0 Å². The number of rotatable bonds is 6. The lowest BCUT2D eigenvalue weighted by atomic mass is 10.0. The molecule has 4 N–H and O–H groups in total. The average molecular weight is 278 g/mol. The van der Waals surface area contributed by atoms with E-state index in [1.807, 2.05) is 27.7 Å². The molecule has 6 heteroatoms. The summed E-state index contributed by atoms with van der Waals surface area (Å²) in [6, 6.07) is 2.86. The monoisotopic (exact) mass is 278 g/mol. The highest BCUT2D eigenvalue weighted by atomic mass is 16.2. The van der Waals surface area contributed by atoms with Gasteiger partial charge in [-0.25, -0.2) is 0 Å². The van der Waals surface area contributed by atoms with Gasteiger partial charge in [0.2, 0.25) is 5.91 Å². The first-order chi connectivity index (χ1) is 9.31. The molecule has 1 heterocycles. The van der Waals surface area contributed by atoms with Gasteiger partial charge in [0.1, 0.15) is 11.7 Å². The Balaban J connectivity index is 2.87. The molecule has 6 nitrogen and oxygen atoms in total. The number of nitrogens with two attached hydrogens (primary N) is 1. The summed E-state index contributed by atoms with van der Waals surface area (Å²) in [5.74, 6) is -0.623. The standard InChI is InChI=1S/C14H22N4O2/c1-8(2)12(13(15)19)18-10-5-6-16-11(7-10)14(20)17-9(3)4/h5-9,12H,1-4H3,(H2,15,19)(H,16,18)(H,17,20)/t12-/m0/s1. The molecule has 0 saturated carbocycles. The maximum atomic E-state index is 11.9. The molecule has 0 unspecified atom stereocenters. The Bertz CT molecular complexity index is 486. The number of nitrogens with zero attached hydrogens (tertiary/aromatic N) is 1. The SMILES string of the molecule is CC(C)NC(=O)c1cc(N[C@H](C(N)=O)C(C)C)ccn1. The van der Waals surface area contributed by atoms with Crippen molar-refractivity contribution in [2.75, 3.05) is 5.32 Å². The lowest BCUT2D eigenvalue weighted by Crippen LogP contribution is -2.39. The molecule has 2 amide bonds. The number of aromatic nitrogens is 1. The normalized spacial score (nSPS) is 12.3. The molecule has 0 spiro atoms. The van der Waals surface area contributed by atoms with Crippen LogP contribution in [0.25, 0.3) is 0 Å². The number of nitrogens with one attached hydrogen (secondary N) is 2. The Hall–Kier alpha value is -2.11. The maximum absolute atomic E-state index is 11.9. The van der Waals surface area contributed by atoms with Crippen LogP contribution in [0.1, 0.15) is 38.2 Å². The fourth-order valence-corrected chi connectivity index (χ4v) is 1.73. The van der Waals surface area contributed by atoms with Gasteiger partial charge in [-0.2, -0.15) is 0 Å². The van der Waals surface area contributed by atoms with Gasteiger partial charge in [0.15, 0.2) is 0 Å². The van der Waals surface area contributed by atoms with Crippen LogP contribution < -0.4 is 16.4 Å². The average Bonchev–Trinajstić information content (AvgIpc) is 2.34. The molecule has 1 rings (SSSR count). The van der Waals surface area contributed by atoms with Crippen LogP contribution >= 0.6 is 0 Å². The van der Waals surface area contributed by atoms with Crippen LogP contribution in [-0.4, -0.2) is 28.9 Å². The number of anilines is 1. The Kier molecular flexibility index (Phi) is 5.49. The maximum Gasteiger partial charge on any atom is 0.270 e. The fourth-order valence-electron chi connectivity index (χ4n) is 1.73. The van der Waals surface area contributed by atoms with Crippen LogP contribution in [0.3, 0.4) is 0 Å². The first kappa shape index (κ1) is 15.9. The van der Waals surface area contributed by atoms with Crippen LogP contribution in [0.5, 0.6) is 0 Å². The van der Waals surface area contributed by atoms with Crippen molar-refractivity contribution in [2.24, 2.45) is 11.7 Å². The smallest absolute Gasteiger partial charge is 0.270 e. The van der Waals surface area contributed by atoms with Crippen LogP contribution in [0, 0.1) is 5.92 Å². The van der Waals surface area contributed by atoms with Gasteiger partial charge in [-0.15, -0.1) is 0 Å². The number of carbonyl (C=O) groups excluding carboxylic acids is 2. The zero-order valence-corrected chi connectivity index (χ0v) is 12.3. The van der Waals surface area contributed by atoms with E-state index in [4.69, 9.17) is 5.73 Å². The van der Waals surface area contributed by atoms with Crippen LogP contribution in [0.4, 0.5) is 5.69 Å². The Morgan fingerprint density at radius 1 is 1.25 bits per heavy atom. The number of primary amides is 1. The largest absolute Gasteiger partial charge is 0.373 e. The predicted molar refractivity (Wildman–Crippen MR) is 78.3 cm³/mol. The van der Waals surface area contributed by atoms with Crippen molar-refractivity contribution < 1.29 is 9.59 Å². The minimum absolute atomic E-state index is 0.0370. The van der Waals surface area contributed by atoms with Gasteiger partial charge in [0, 0.05) is 17.9 Å². The van der Waals surface area contributed by atoms with Crippen molar-refractivity contribution in [1.29, 1.82) is 0 Å². The number of hydrogen-bond acceptors (Lipinski definition) is 4. The second-order valence-electron chi connectivity index (χ2n) is 5.33. The minimum Gasteiger partial charge on any atom is -0.373 e. The number of amides is 2. The summed E-state index contributed by atoms with van der Waals surface area (Å²) < 4.78 is 0. The predicted octanol–water partition coefficient (Wildman–Crippen LogP) is 1.14. The van der Waals surface area contributed by atoms with Gasteiger partial charge < -0.3 is 16.4 Å². The number of hydrogen-bond donors (Lipinski definition) is 3. The van der Waals surface area contributed by atoms with Crippen LogP contribution in [0.2, 0.25) is 0 Å². The van der Waals surface area contributed by atoms with Crippen LogP contribution in [0.15, 0.2) is 18.3 Å². The molecule has 0 aliphatic heterocycles. The van der Waals surface area contributed by atoms with E-state index in [1.54, 1.807) is 12.1 Å². The van der Waals surface area contributed by atoms with Crippen molar-refractivity contribution in [3.63, 3.8) is 0 Å². The van der Waals surface area contributed by atoms with Gasteiger partial charge >= 0.3 is 0 Å². The molecule has 0 aliphatic carbocycles. The molecule has 0 bridgehead atoms. The van der Waals surface area contributed by atoms with E-state index in [9.17, 15) is 9.59 Å². The molecule has 1 atom stereocenters. The summed E-state index contributed by atoms with van der Waals surface area (Å²) in [7, 11) is 0. The van der Waals surface area contributed by atoms with E-state index >= 15 is 0 Å². The summed E-state index contributed by atoms with van der Waals surface area (Å²) >= 11 is 0. The van der Waals surface area contributed by atoms with E-state index in [0.717, 1.165) is 0 Å². The second-order valence-corrected chi connectivity index (χ2v) is 5.33. The zero-order chi connectivity index (χ0) is 15.3. The summed E-state index contributed by atoms with van der Waals surface area (Å²) in [5.41, 5.74) is 6.30. The van der Waals surface area contributed by atoms with Gasteiger partial charge in [-0.1, -0.05) is 13.8 Å². The first-order valence-corrected chi connectivity index (χ1v) is 6.64. The molecule has 1 aromatic heterocycles. The highest BCUT2D eigenvalue weighted by molar-refractivity contribution is 5.93. The Labute approximate surface area is 119 Å². The van der Waals surface area contributed by atoms with Crippen molar-refractivity contribution in [2.45, 2.75) is 39.8 Å². The minimum atomic E-state index is -0.488. The summed E-state index contributed by atoms with van der Waals surface area (Å²) in [4.78, 5) is 27.3. The molecule has 0 fully saturated rings. The molecule has 0 radical (unpaired) electrons. The van der Waals surface area contributed by atoms with Crippen molar-refractivity contribution in [3.05, 3.63) is 24.0 Å². The third kappa shape index (κ3) is 4.53. The fraction of sp³-hybridized carbons (Fsp3) is 0.500. The van der Waals surface area contributed by atoms with E-state index < -0.39 is 11.9 Å². The molecule has 0 saturated heterocycles. The van der Waals surface area contributed by atoms with E-state index in [0.29, 0.717) is 11.4 Å². The molecule has 0 aromatic carbocycles. The molecule has 0 aliphatic rings. The Morgan fingerprint density at radius 2 is 1.90 bits per heavy atom. The zero-order valence-electron chi connectivity index (χ0n) is 12.3. The van der Waals surface area contributed by atoms with Crippen LogP contribution in [-0.2, 0) is 4.79 Å². The third-order valence-electron chi connectivity index (χ3n) is 2.71. The third-order valence-corrected chi connectivity index (χ3v) is 2.71. The number of pyridine rings is 1. The highest BCUT2D eigenvalue weighted by Gasteiger charge is 2.19. The quantitative estimate of drug-likeness (QED) is 0.727. The molecular weight excluding hydrogens is 256 g/mol. The lowest BCUT2D eigenvalue weighted by Gasteiger charge is -2.20. The lowest BCUT2D eigenvalue weighted by molar-refractivity contribution is -0.119. The topological polar surface area (TPSA) is 97.1 Å². The highest BCUT2D eigenvalue weighted by Crippen LogP contribution is 2.13. The van der Waals surface area contributed by atoms with Crippen molar-refractivity contribution in [1.82, 2.24) is 10.3 Å². The number of carbonyl (C=O) groups is 2. The van der Waals surface area contributed by atoms with Gasteiger partial charge in [-0.3, -0.25) is 14.6 Å². The first-order valence-electron chi connectivity index (χ1n) is 6.64. The molecule has 20 heavy (non-hydrogen) atoms. The van der Waals surface area contributed by atoms with E-state index in [-0.39, 0.29) is 17.9 Å². The molecule has 110 valence electrons. The summed E-state index contributed by atoms with van der Waals surface area (Å²) in [6.45, 7) is 7.55. The van der Waals surface area contributed by atoms with Gasteiger partial charge in [0.25, 0.3) is 5.91 Å². The Morgan fingerprint density at radius 3 is 2.40 bits per heavy atom.